The molecule has 0 aromatic heterocycles. The first-order valence-corrected chi connectivity index (χ1v) is 7.43. The second-order valence-corrected chi connectivity index (χ2v) is 6.64. The third kappa shape index (κ3) is 2.60. The Morgan fingerprint density at radius 1 is 1.33 bits per heavy atom. The molecule has 114 valence electrons. The Morgan fingerprint density at radius 2 is 1.90 bits per heavy atom. The average molecular weight is 338 g/mol. The van der Waals surface area contributed by atoms with Crippen molar-refractivity contribution in [2.75, 3.05) is 6.54 Å². The molecule has 1 aliphatic rings. The molecule has 1 unspecified atom stereocenters. The van der Waals surface area contributed by atoms with Gasteiger partial charge in [-0.25, -0.2) is 12.7 Å². The Morgan fingerprint density at radius 3 is 2.38 bits per heavy atom. The van der Waals surface area contributed by atoms with E-state index in [1.807, 2.05) is 0 Å². The van der Waals surface area contributed by atoms with E-state index in [1.165, 1.54) is 18.2 Å². The average Bonchev–Trinajstić information content (AvgIpc) is 2.54. The van der Waals surface area contributed by atoms with Gasteiger partial charge in [-0.3, -0.25) is 4.79 Å². The molecule has 0 spiro atoms. The van der Waals surface area contributed by atoms with Crippen LogP contribution < -0.4 is 5.73 Å². The van der Waals surface area contributed by atoms with Crippen LogP contribution in [0.15, 0.2) is 29.2 Å². The van der Waals surface area contributed by atoms with Gasteiger partial charge in [0.1, 0.15) is 10.8 Å². The number of nitrogens with two attached hydrogens (primary N) is 1. The SMILES string of the molecule is NC(=S)C(CN1C(=O)c2ccccc2S1(=O)=O)C(F)(F)F. The molecule has 1 aromatic rings. The summed E-state index contributed by atoms with van der Waals surface area (Å²) in [7, 11) is -4.32. The highest BCUT2D eigenvalue weighted by molar-refractivity contribution is 7.90. The van der Waals surface area contributed by atoms with Gasteiger partial charge in [0.05, 0.1) is 17.1 Å². The summed E-state index contributed by atoms with van der Waals surface area (Å²) in [5, 5.41) is 0. The third-order valence-electron chi connectivity index (χ3n) is 3.00. The van der Waals surface area contributed by atoms with E-state index in [-0.39, 0.29) is 14.8 Å². The Labute approximate surface area is 123 Å². The molecule has 0 aliphatic carbocycles. The zero-order chi connectivity index (χ0) is 16.0. The molecular formula is C11H9F3N2O3S2. The fraction of sp³-hybridized carbons (Fsp3) is 0.273. The molecule has 2 rings (SSSR count). The van der Waals surface area contributed by atoms with Crippen molar-refractivity contribution >= 4 is 33.1 Å². The normalized spacial score (nSPS) is 18.4. The molecule has 5 nitrogen and oxygen atoms in total. The number of nitrogens with zero attached hydrogens (tertiary/aromatic N) is 1. The van der Waals surface area contributed by atoms with E-state index in [4.69, 9.17) is 5.73 Å². The lowest BCUT2D eigenvalue weighted by Crippen LogP contribution is -2.45. The zero-order valence-corrected chi connectivity index (χ0v) is 11.9. The maximum Gasteiger partial charge on any atom is 0.399 e. The van der Waals surface area contributed by atoms with Gasteiger partial charge in [-0.1, -0.05) is 24.4 Å². The van der Waals surface area contributed by atoms with Gasteiger partial charge in [-0.15, -0.1) is 0 Å². The van der Waals surface area contributed by atoms with Crippen LogP contribution in [-0.4, -0.2) is 36.3 Å². The van der Waals surface area contributed by atoms with Crippen molar-refractivity contribution in [3.05, 3.63) is 29.8 Å². The number of fused-ring (bicyclic) bond motifs is 1. The number of carbonyl (C=O) groups is 1. The van der Waals surface area contributed by atoms with E-state index in [9.17, 15) is 26.4 Å². The van der Waals surface area contributed by atoms with Crippen LogP contribution in [0.5, 0.6) is 0 Å². The number of sulfonamides is 1. The Hall–Kier alpha value is -1.68. The summed E-state index contributed by atoms with van der Waals surface area (Å²) in [5.74, 6) is -3.41. The van der Waals surface area contributed by atoms with E-state index in [0.29, 0.717) is 0 Å². The van der Waals surface area contributed by atoms with Crippen LogP contribution in [0, 0.1) is 5.92 Å². The minimum Gasteiger partial charge on any atom is -0.393 e. The van der Waals surface area contributed by atoms with Gasteiger partial charge in [-0.05, 0) is 12.1 Å². The highest BCUT2D eigenvalue weighted by Crippen LogP contribution is 2.34. The lowest BCUT2D eigenvalue weighted by molar-refractivity contribution is -0.155. The fourth-order valence-corrected chi connectivity index (χ4v) is 3.72. The van der Waals surface area contributed by atoms with Crippen molar-refractivity contribution in [3.8, 4) is 0 Å². The molecular weight excluding hydrogens is 329 g/mol. The van der Waals surface area contributed by atoms with Gasteiger partial charge >= 0.3 is 6.18 Å². The van der Waals surface area contributed by atoms with Gasteiger partial charge in [0.15, 0.2) is 0 Å². The highest BCUT2D eigenvalue weighted by atomic mass is 32.2. The monoisotopic (exact) mass is 338 g/mol. The number of amides is 1. The maximum atomic E-state index is 12.8. The van der Waals surface area contributed by atoms with Crippen LogP contribution in [0.2, 0.25) is 0 Å². The smallest absolute Gasteiger partial charge is 0.393 e. The van der Waals surface area contributed by atoms with E-state index in [1.54, 1.807) is 0 Å². The van der Waals surface area contributed by atoms with Crippen LogP contribution in [-0.2, 0) is 10.0 Å². The Kier molecular flexibility index (Phi) is 3.70. The highest BCUT2D eigenvalue weighted by Gasteiger charge is 2.48. The van der Waals surface area contributed by atoms with Crippen LogP contribution in [0.1, 0.15) is 10.4 Å². The predicted molar refractivity (Wildman–Crippen MR) is 71.0 cm³/mol. The van der Waals surface area contributed by atoms with E-state index in [2.05, 4.69) is 12.2 Å². The Bertz CT molecular complexity index is 716. The molecule has 1 aromatic carbocycles. The summed E-state index contributed by atoms with van der Waals surface area (Å²) >= 11 is 4.32. The molecule has 10 heteroatoms. The van der Waals surface area contributed by atoms with Crippen molar-refractivity contribution in [1.82, 2.24) is 4.31 Å². The summed E-state index contributed by atoms with van der Waals surface area (Å²) in [5.41, 5.74) is 4.85. The number of thiocarbonyl (C=S) groups is 1. The molecule has 0 saturated heterocycles. The number of rotatable bonds is 3. The minimum atomic E-state index is -4.84. The second-order valence-electron chi connectivity index (χ2n) is 4.33. The van der Waals surface area contributed by atoms with Crippen LogP contribution in [0.4, 0.5) is 13.2 Å². The standard InChI is InChI=1S/C11H9F3N2O3S2/c12-11(13,14)7(9(15)20)5-16-10(17)6-3-1-2-4-8(6)21(16,18)19/h1-4,7H,5H2,(H2,15,20). The third-order valence-corrected chi connectivity index (χ3v) is 5.09. The molecule has 0 fully saturated rings. The number of alkyl halides is 3. The van der Waals surface area contributed by atoms with Gasteiger partial charge in [0.2, 0.25) is 0 Å². The number of halogens is 3. The van der Waals surface area contributed by atoms with Crippen molar-refractivity contribution in [2.45, 2.75) is 11.1 Å². The first kappa shape index (κ1) is 15.7. The molecule has 0 radical (unpaired) electrons. The number of carbonyl (C=O) groups excluding carboxylic acids is 1. The van der Waals surface area contributed by atoms with E-state index in [0.717, 1.165) is 6.07 Å². The molecule has 2 N–H and O–H groups in total. The van der Waals surface area contributed by atoms with Gasteiger partial charge < -0.3 is 5.73 Å². The van der Waals surface area contributed by atoms with Crippen molar-refractivity contribution in [1.29, 1.82) is 0 Å². The molecule has 1 heterocycles. The maximum absolute atomic E-state index is 12.8. The van der Waals surface area contributed by atoms with E-state index < -0.39 is 39.6 Å². The molecule has 1 aliphatic heterocycles. The summed E-state index contributed by atoms with van der Waals surface area (Å²) in [4.78, 5) is 10.8. The lowest BCUT2D eigenvalue weighted by atomic mass is 10.1. The fourth-order valence-electron chi connectivity index (χ4n) is 1.93. The molecule has 1 atom stereocenters. The van der Waals surface area contributed by atoms with Gasteiger partial charge in [0, 0.05) is 0 Å². The van der Waals surface area contributed by atoms with Crippen molar-refractivity contribution in [3.63, 3.8) is 0 Å². The molecule has 21 heavy (non-hydrogen) atoms. The van der Waals surface area contributed by atoms with Crippen LogP contribution in [0.3, 0.4) is 0 Å². The molecule has 0 saturated carbocycles. The summed E-state index contributed by atoms with van der Waals surface area (Å²) in [6, 6.07) is 5.19. The molecule has 0 bridgehead atoms. The van der Waals surface area contributed by atoms with Gasteiger partial charge in [0.25, 0.3) is 15.9 Å². The quantitative estimate of drug-likeness (QED) is 0.840. The topological polar surface area (TPSA) is 80.5 Å². The number of hydrogen-bond acceptors (Lipinski definition) is 4. The summed E-state index contributed by atoms with van der Waals surface area (Å²) in [6.07, 6.45) is -4.84. The first-order valence-electron chi connectivity index (χ1n) is 5.59. The minimum absolute atomic E-state index is 0.162. The molecule has 1 amide bonds. The second kappa shape index (κ2) is 4.95. The summed E-state index contributed by atoms with van der Waals surface area (Å²) in [6.45, 7) is -1.16. The number of hydrogen-bond donors (Lipinski definition) is 1. The zero-order valence-electron chi connectivity index (χ0n) is 10.3. The largest absolute Gasteiger partial charge is 0.399 e. The summed E-state index contributed by atoms with van der Waals surface area (Å²) < 4.78 is 62.9. The van der Waals surface area contributed by atoms with Crippen LogP contribution >= 0.6 is 12.2 Å². The number of benzene rings is 1. The van der Waals surface area contributed by atoms with Crippen molar-refractivity contribution in [2.24, 2.45) is 11.7 Å². The van der Waals surface area contributed by atoms with Crippen LogP contribution in [0.25, 0.3) is 0 Å². The van der Waals surface area contributed by atoms with E-state index >= 15 is 0 Å². The van der Waals surface area contributed by atoms with Crippen molar-refractivity contribution < 1.29 is 26.4 Å². The van der Waals surface area contributed by atoms with Gasteiger partial charge in [-0.2, -0.15) is 13.2 Å². The predicted octanol–water partition coefficient (Wildman–Crippen LogP) is 1.30. The Balaban J connectivity index is 2.44. The first-order chi connectivity index (χ1) is 9.56. The lowest BCUT2D eigenvalue weighted by Gasteiger charge is -2.24.